The molecule has 68 valence electrons. The van der Waals surface area contributed by atoms with Gasteiger partial charge < -0.3 is 0 Å². The molecule has 2 unspecified atom stereocenters. The van der Waals surface area contributed by atoms with Gasteiger partial charge in [-0.3, -0.25) is 0 Å². The van der Waals surface area contributed by atoms with Crippen molar-refractivity contribution in [1.29, 1.82) is 0 Å². The Balaban J connectivity index is 2.15. The van der Waals surface area contributed by atoms with Crippen molar-refractivity contribution in [3.05, 3.63) is 60.5 Å². The van der Waals surface area contributed by atoms with Crippen LogP contribution in [-0.2, 0) is 0 Å². The van der Waals surface area contributed by atoms with E-state index < -0.39 is 0 Å². The third-order valence-corrected chi connectivity index (χ3v) is 2.91. The van der Waals surface area contributed by atoms with E-state index in [1.165, 1.54) is 5.69 Å². The van der Waals surface area contributed by atoms with E-state index in [0.717, 1.165) is 0 Å². The molecule has 0 spiro atoms. The van der Waals surface area contributed by atoms with Gasteiger partial charge in [-0.15, -0.1) is 0 Å². The van der Waals surface area contributed by atoms with Crippen LogP contribution in [0.15, 0.2) is 54.8 Å². The summed E-state index contributed by atoms with van der Waals surface area (Å²) in [4.78, 5) is 0. The molecule has 1 nitrogen and oxygen atoms in total. The minimum atomic E-state index is 0.520. The third-order valence-electron chi connectivity index (χ3n) is 2.91. The van der Waals surface area contributed by atoms with Gasteiger partial charge in [-0.25, -0.2) is 0 Å². The summed E-state index contributed by atoms with van der Waals surface area (Å²) in [6.45, 7) is 0. The number of fused-ring (bicyclic) bond motifs is 3. The fourth-order valence-electron chi connectivity index (χ4n) is 2.18. The van der Waals surface area contributed by atoms with Crippen molar-refractivity contribution in [2.24, 2.45) is 5.92 Å². The number of nitrogens with zero attached hydrogens (tertiary/aromatic N) is 1. The maximum atomic E-state index is 2.28. The highest BCUT2D eigenvalue weighted by Crippen LogP contribution is 2.31. The Morgan fingerprint density at radius 2 is 1.93 bits per heavy atom. The van der Waals surface area contributed by atoms with Crippen LogP contribution in [-0.4, -0.2) is 0 Å². The molecule has 0 saturated heterocycles. The molecule has 1 aromatic rings. The molecule has 0 saturated carbocycles. The van der Waals surface area contributed by atoms with E-state index in [4.69, 9.17) is 0 Å². The summed E-state index contributed by atoms with van der Waals surface area (Å²) in [5, 5.41) is 0. The normalized spacial score (nSPS) is 27.1. The standard InChI is InChI=1S/C13H12N/c1-2-6-12-11(5-1)8-10-14-9-4-3-7-13(12)14/h1-12H/q+1. The summed E-state index contributed by atoms with van der Waals surface area (Å²) in [7, 11) is 0. The monoisotopic (exact) mass is 182 g/mol. The van der Waals surface area contributed by atoms with Crippen LogP contribution in [0, 0.1) is 5.92 Å². The van der Waals surface area contributed by atoms with E-state index in [-0.39, 0.29) is 0 Å². The number of rotatable bonds is 0. The molecule has 1 aliphatic carbocycles. The second kappa shape index (κ2) is 2.95. The minimum absolute atomic E-state index is 0.520. The molecular formula is C13H12N+. The van der Waals surface area contributed by atoms with Crippen molar-refractivity contribution in [1.82, 2.24) is 0 Å². The predicted octanol–water partition coefficient (Wildman–Crippen LogP) is 2.28. The second-order valence-corrected chi connectivity index (χ2v) is 3.75. The molecule has 0 radical (unpaired) electrons. The number of hydrogen-bond donors (Lipinski definition) is 0. The molecule has 1 aliphatic heterocycles. The lowest BCUT2D eigenvalue weighted by molar-refractivity contribution is -0.581. The van der Waals surface area contributed by atoms with Crippen molar-refractivity contribution in [3.63, 3.8) is 0 Å². The molecule has 0 aromatic carbocycles. The number of allylic oxidation sites excluding steroid dienone is 5. The smallest absolute Gasteiger partial charge is 0.171 e. The van der Waals surface area contributed by atoms with Gasteiger partial charge in [0, 0.05) is 18.1 Å². The molecule has 0 bridgehead atoms. The van der Waals surface area contributed by atoms with Crippen LogP contribution >= 0.6 is 0 Å². The lowest BCUT2D eigenvalue weighted by Gasteiger charge is -2.21. The highest BCUT2D eigenvalue weighted by atomic mass is 14.9. The van der Waals surface area contributed by atoms with Crippen LogP contribution in [0.3, 0.4) is 0 Å². The summed E-state index contributed by atoms with van der Waals surface area (Å²) >= 11 is 0. The van der Waals surface area contributed by atoms with Gasteiger partial charge in [0.15, 0.2) is 18.1 Å². The summed E-state index contributed by atoms with van der Waals surface area (Å²) in [5.41, 5.74) is 1.38. The fraction of sp³-hybridized carbons (Fsp3) is 0.154. The first-order valence-corrected chi connectivity index (χ1v) is 4.98. The van der Waals surface area contributed by atoms with Crippen LogP contribution in [0.2, 0.25) is 0 Å². The van der Waals surface area contributed by atoms with Gasteiger partial charge in [-0.05, 0) is 6.08 Å². The number of hydrogen-bond acceptors (Lipinski definition) is 0. The van der Waals surface area contributed by atoms with Crippen molar-refractivity contribution in [3.8, 4) is 0 Å². The quantitative estimate of drug-likeness (QED) is 0.542. The maximum Gasteiger partial charge on any atom is 0.194 e. The van der Waals surface area contributed by atoms with Gasteiger partial charge >= 0.3 is 0 Å². The van der Waals surface area contributed by atoms with E-state index in [1.807, 2.05) is 0 Å². The van der Waals surface area contributed by atoms with Crippen molar-refractivity contribution in [2.45, 2.75) is 5.92 Å². The maximum absolute atomic E-state index is 2.28. The molecule has 2 aliphatic rings. The van der Waals surface area contributed by atoms with Crippen molar-refractivity contribution >= 4 is 6.20 Å². The molecule has 2 atom stereocenters. The van der Waals surface area contributed by atoms with Crippen molar-refractivity contribution < 1.29 is 4.57 Å². The van der Waals surface area contributed by atoms with Crippen LogP contribution in [0.4, 0.5) is 0 Å². The Labute approximate surface area is 83.7 Å². The zero-order valence-electron chi connectivity index (χ0n) is 7.88. The van der Waals surface area contributed by atoms with Crippen LogP contribution in [0.25, 0.3) is 6.20 Å². The lowest BCUT2D eigenvalue weighted by Crippen LogP contribution is -2.37. The number of pyridine rings is 1. The number of aromatic nitrogens is 1. The van der Waals surface area contributed by atoms with Crippen molar-refractivity contribution in [2.75, 3.05) is 0 Å². The van der Waals surface area contributed by atoms with Gasteiger partial charge in [0.2, 0.25) is 0 Å². The summed E-state index contributed by atoms with van der Waals surface area (Å²) in [6, 6.07) is 6.37. The molecular weight excluding hydrogens is 170 g/mol. The Morgan fingerprint density at radius 3 is 2.93 bits per heavy atom. The topological polar surface area (TPSA) is 3.88 Å². The molecule has 0 N–H and O–H groups in total. The predicted molar refractivity (Wildman–Crippen MR) is 56.5 cm³/mol. The summed E-state index contributed by atoms with van der Waals surface area (Å²) < 4.78 is 2.20. The van der Waals surface area contributed by atoms with Crippen LogP contribution in [0.1, 0.15) is 11.6 Å². The minimum Gasteiger partial charge on any atom is -0.171 e. The van der Waals surface area contributed by atoms with Gasteiger partial charge in [-0.1, -0.05) is 30.4 Å². The van der Waals surface area contributed by atoms with E-state index in [0.29, 0.717) is 11.8 Å². The molecule has 2 heterocycles. The SMILES string of the molecule is C1=CC2C=C[n+]3ccccc3C2C=C1. The Kier molecular flexibility index (Phi) is 1.63. The van der Waals surface area contributed by atoms with Gasteiger partial charge in [-0.2, -0.15) is 4.57 Å². The van der Waals surface area contributed by atoms with Gasteiger partial charge in [0.25, 0.3) is 0 Å². The first kappa shape index (κ1) is 7.74. The molecule has 14 heavy (non-hydrogen) atoms. The molecule has 1 aromatic heterocycles. The van der Waals surface area contributed by atoms with Crippen LogP contribution in [0.5, 0.6) is 0 Å². The van der Waals surface area contributed by atoms with Gasteiger partial charge in [0.05, 0.1) is 5.92 Å². The highest BCUT2D eigenvalue weighted by molar-refractivity contribution is 5.33. The Bertz CT molecular complexity index is 440. The molecule has 0 amide bonds. The fourth-order valence-corrected chi connectivity index (χ4v) is 2.18. The van der Waals surface area contributed by atoms with E-state index in [2.05, 4.69) is 65.5 Å². The Morgan fingerprint density at radius 1 is 1.00 bits per heavy atom. The first-order chi connectivity index (χ1) is 6.95. The van der Waals surface area contributed by atoms with Crippen LogP contribution < -0.4 is 4.57 Å². The van der Waals surface area contributed by atoms with Gasteiger partial charge in [0.1, 0.15) is 0 Å². The Hall–Kier alpha value is -1.63. The van der Waals surface area contributed by atoms with E-state index in [1.54, 1.807) is 0 Å². The summed E-state index contributed by atoms with van der Waals surface area (Å²) in [6.07, 6.45) is 15.3. The molecule has 3 rings (SSSR count). The largest absolute Gasteiger partial charge is 0.194 e. The lowest BCUT2D eigenvalue weighted by atomic mass is 9.84. The second-order valence-electron chi connectivity index (χ2n) is 3.75. The average Bonchev–Trinajstić information content (AvgIpc) is 2.29. The third kappa shape index (κ3) is 1.06. The molecule has 0 fully saturated rings. The first-order valence-electron chi connectivity index (χ1n) is 4.98. The zero-order chi connectivity index (χ0) is 9.38. The zero-order valence-corrected chi connectivity index (χ0v) is 7.88. The summed E-state index contributed by atoms with van der Waals surface area (Å²) in [5.74, 6) is 1.06. The highest BCUT2D eigenvalue weighted by Gasteiger charge is 2.29. The average molecular weight is 182 g/mol. The van der Waals surface area contributed by atoms with E-state index >= 15 is 0 Å². The van der Waals surface area contributed by atoms with E-state index in [9.17, 15) is 0 Å². The molecule has 1 heteroatoms.